The average Bonchev–Trinajstić information content (AvgIpc) is 3.20. The second-order valence-corrected chi connectivity index (χ2v) is 13.6. The molecule has 0 radical (unpaired) electrons. The van der Waals surface area contributed by atoms with Crippen LogP contribution >= 0.6 is 0 Å². The van der Waals surface area contributed by atoms with E-state index in [4.69, 9.17) is 4.99 Å². The first-order valence-electron chi connectivity index (χ1n) is 17.9. The van der Waals surface area contributed by atoms with Crippen molar-refractivity contribution in [2.45, 2.75) is 32.0 Å². The van der Waals surface area contributed by atoms with Crippen LogP contribution < -0.4 is 10.6 Å². The minimum atomic E-state index is -0.287. The number of fused-ring (bicyclic) bond motifs is 5. The fourth-order valence-electron chi connectivity index (χ4n) is 7.70. The fraction of sp³-hybridized carbons (Fsp3) is 0.104. The summed E-state index contributed by atoms with van der Waals surface area (Å²) in [4.78, 5) is 5.47. The minimum Gasteiger partial charge on any atom is -0.374 e. The summed E-state index contributed by atoms with van der Waals surface area (Å²) in [5.74, 6) is 0. The van der Waals surface area contributed by atoms with Gasteiger partial charge >= 0.3 is 0 Å². The Labute approximate surface area is 299 Å². The molecule has 2 aliphatic rings. The molecule has 0 aromatic heterocycles. The van der Waals surface area contributed by atoms with E-state index < -0.39 is 0 Å². The smallest absolute Gasteiger partial charge is 0.145 e. The molecule has 246 valence electrons. The normalized spacial score (nSPS) is 16.3. The molecule has 51 heavy (non-hydrogen) atoms. The molecule has 2 atom stereocenters. The Morgan fingerprint density at radius 1 is 0.686 bits per heavy atom. The Balaban J connectivity index is 1.16. The van der Waals surface area contributed by atoms with Gasteiger partial charge in [0.25, 0.3) is 0 Å². The molecule has 0 saturated carbocycles. The fourth-order valence-corrected chi connectivity index (χ4v) is 7.70. The van der Waals surface area contributed by atoms with Crippen LogP contribution in [0.4, 0.5) is 11.4 Å². The van der Waals surface area contributed by atoms with Gasteiger partial charge in [0.2, 0.25) is 0 Å². The maximum Gasteiger partial charge on any atom is 0.145 e. The summed E-state index contributed by atoms with van der Waals surface area (Å²) in [5.41, 5.74) is 10.5. The summed E-state index contributed by atoms with van der Waals surface area (Å²) >= 11 is 0. The van der Waals surface area contributed by atoms with Crippen molar-refractivity contribution >= 4 is 55.0 Å². The van der Waals surface area contributed by atoms with Gasteiger partial charge in [-0.15, -0.1) is 0 Å². The number of anilines is 2. The van der Waals surface area contributed by atoms with E-state index in [2.05, 4.69) is 187 Å². The number of aliphatic imine (C=N–C) groups is 1. The number of nitrogens with one attached hydrogen (secondary N) is 2. The van der Waals surface area contributed by atoms with Crippen molar-refractivity contribution in [3.05, 3.63) is 198 Å². The summed E-state index contributed by atoms with van der Waals surface area (Å²) in [6.07, 6.45) is 11.3. The van der Waals surface area contributed by atoms with Crippen molar-refractivity contribution in [1.82, 2.24) is 0 Å². The van der Waals surface area contributed by atoms with Gasteiger partial charge in [0.15, 0.2) is 0 Å². The third-order valence-corrected chi connectivity index (χ3v) is 10.3. The topological polar surface area (TPSA) is 36.4 Å². The molecule has 0 fully saturated rings. The van der Waals surface area contributed by atoms with Crippen LogP contribution in [-0.2, 0) is 0 Å². The second-order valence-electron chi connectivity index (χ2n) is 13.6. The van der Waals surface area contributed by atoms with Gasteiger partial charge in [0.05, 0.1) is 6.04 Å². The second kappa shape index (κ2) is 13.3. The van der Waals surface area contributed by atoms with Crippen LogP contribution in [0, 0.1) is 0 Å². The van der Waals surface area contributed by atoms with E-state index in [0.29, 0.717) is 0 Å². The number of allylic oxidation sites excluding steroid dienone is 5. The molecule has 0 saturated heterocycles. The van der Waals surface area contributed by atoms with Crippen LogP contribution in [0.25, 0.3) is 37.9 Å². The first-order chi connectivity index (χ1) is 25.2. The quantitative estimate of drug-likeness (QED) is 0.167. The molecule has 0 bridgehead atoms. The predicted molar refractivity (Wildman–Crippen MR) is 218 cm³/mol. The van der Waals surface area contributed by atoms with Crippen molar-refractivity contribution < 1.29 is 0 Å². The third-order valence-electron chi connectivity index (χ3n) is 10.3. The number of hydrogen-bond donors (Lipinski definition) is 2. The predicted octanol–water partition coefficient (Wildman–Crippen LogP) is 12.6. The van der Waals surface area contributed by atoms with Gasteiger partial charge in [-0.05, 0) is 105 Å². The SMILES string of the molecule is CC(=NC(Nc1ccc2ccccc2c1)c1ccc2ccccc2c1)c1cccc2c3c(ccc12)NC(c1ccccc1)C=C3C1=CCCC=C1. The molecule has 0 amide bonds. The van der Waals surface area contributed by atoms with Crippen molar-refractivity contribution in [1.29, 1.82) is 0 Å². The van der Waals surface area contributed by atoms with Crippen LogP contribution in [0.1, 0.15) is 54.2 Å². The number of hydrogen-bond acceptors (Lipinski definition) is 3. The lowest BCUT2D eigenvalue weighted by molar-refractivity contribution is 0.839. The highest BCUT2D eigenvalue weighted by atomic mass is 15.1. The Morgan fingerprint density at radius 2 is 1.43 bits per heavy atom. The number of nitrogens with zero attached hydrogens (tertiary/aromatic N) is 1. The van der Waals surface area contributed by atoms with Crippen LogP contribution in [-0.4, -0.2) is 5.71 Å². The molecule has 1 heterocycles. The number of benzene rings is 7. The molecule has 2 unspecified atom stereocenters. The van der Waals surface area contributed by atoms with E-state index in [9.17, 15) is 0 Å². The molecule has 3 heteroatoms. The highest BCUT2D eigenvalue weighted by molar-refractivity contribution is 6.14. The standard InChI is InChI=1S/C48H39N3/c1-32(49-48(39-24-23-33-13-8-10-19-37(33)29-39)50-40-26-25-34-14-9-11-20-38(34)30-40)41-21-12-22-43-42(41)27-28-45-47(43)44(35-15-4-2-5-16-35)31-46(51-45)36-17-6-3-7-18-36/h3-4,6-31,46,48,50-51H,2,5H2,1H3. The Bertz CT molecular complexity index is 2550. The van der Waals surface area contributed by atoms with Crippen LogP contribution in [0.3, 0.4) is 0 Å². The van der Waals surface area contributed by atoms with Gasteiger partial charge in [0, 0.05) is 28.2 Å². The highest BCUT2D eigenvalue weighted by Crippen LogP contribution is 2.44. The van der Waals surface area contributed by atoms with Crippen LogP contribution in [0.15, 0.2) is 180 Å². The monoisotopic (exact) mass is 657 g/mol. The summed E-state index contributed by atoms with van der Waals surface area (Å²) in [6.45, 7) is 2.15. The van der Waals surface area contributed by atoms with Crippen molar-refractivity contribution in [3.63, 3.8) is 0 Å². The lowest BCUT2D eigenvalue weighted by Gasteiger charge is -2.29. The summed E-state index contributed by atoms with van der Waals surface area (Å²) in [7, 11) is 0. The Kier molecular flexibility index (Phi) is 8.02. The van der Waals surface area contributed by atoms with E-state index in [-0.39, 0.29) is 12.2 Å². The van der Waals surface area contributed by atoms with Gasteiger partial charge in [-0.1, -0.05) is 140 Å². The molecule has 7 aromatic rings. The first-order valence-corrected chi connectivity index (χ1v) is 17.9. The van der Waals surface area contributed by atoms with Gasteiger partial charge in [0.1, 0.15) is 6.17 Å². The van der Waals surface area contributed by atoms with E-state index >= 15 is 0 Å². The zero-order chi connectivity index (χ0) is 34.1. The zero-order valence-corrected chi connectivity index (χ0v) is 28.7. The summed E-state index contributed by atoms with van der Waals surface area (Å²) in [5, 5.41) is 14.9. The zero-order valence-electron chi connectivity index (χ0n) is 28.7. The lowest BCUT2D eigenvalue weighted by Crippen LogP contribution is -2.16. The van der Waals surface area contributed by atoms with Crippen molar-refractivity contribution in [2.75, 3.05) is 10.6 Å². The molecule has 0 spiro atoms. The Morgan fingerprint density at radius 3 is 2.22 bits per heavy atom. The maximum absolute atomic E-state index is 5.47. The minimum absolute atomic E-state index is 0.0951. The van der Waals surface area contributed by atoms with E-state index in [0.717, 1.165) is 41.1 Å². The summed E-state index contributed by atoms with van der Waals surface area (Å²) in [6, 6.07) is 52.3. The average molecular weight is 658 g/mol. The van der Waals surface area contributed by atoms with Gasteiger partial charge in [-0.3, -0.25) is 4.99 Å². The van der Waals surface area contributed by atoms with Gasteiger partial charge in [-0.25, -0.2) is 0 Å². The van der Waals surface area contributed by atoms with Gasteiger partial charge < -0.3 is 10.6 Å². The molecule has 1 aliphatic heterocycles. The van der Waals surface area contributed by atoms with E-state index in [1.54, 1.807) is 0 Å². The third kappa shape index (κ3) is 6.02. The molecule has 2 N–H and O–H groups in total. The van der Waals surface area contributed by atoms with Crippen LogP contribution in [0.2, 0.25) is 0 Å². The van der Waals surface area contributed by atoms with Crippen LogP contribution in [0.5, 0.6) is 0 Å². The van der Waals surface area contributed by atoms with E-state index in [1.807, 2.05) is 0 Å². The largest absolute Gasteiger partial charge is 0.374 e. The molecular weight excluding hydrogens is 619 g/mol. The molecular formula is C48H39N3. The molecule has 3 nitrogen and oxygen atoms in total. The number of rotatable bonds is 7. The van der Waals surface area contributed by atoms with Gasteiger partial charge in [-0.2, -0.15) is 0 Å². The van der Waals surface area contributed by atoms with Crippen molar-refractivity contribution in [3.8, 4) is 0 Å². The maximum atomic E-state index is 5.47. The van der Waals surface area contributed by atoms with E-state index in [1.165, 1.54) is 54.6 Å². The lowest BCUT2D eigenvalue weighted by atomic mass is 9.83. The Hall–Kier alpha value is -6.19. The molecule has 7 aromatic carbocycles. The molecule has 9 rings (SSSR count). The summed E-state index contributed by atoms with van der Waals surface area (Å²) < 4.78 is 0. The first kappa shape index (κ1) is 30.8. The molecule has 1 aliphatic carbocycles. The van der Waals surface area contributed by atoms with Crippen molar-refractivity contribution in [2.24, 2.45) is 4.99 Å². The highest BCUT2D eigenvalue weighted by Gasteiger charge is 2.25.